The standard InChI is InChI=1S/C12H15N3S/c1-9-7-11(4-3-10(9)8-13)16-12-14-5-6-15(12)2/h3-7H,8,13H2,1-2H3. The Kier molecular flexibility index (Phi) is 3.31. The highest BCUT2D eigenvalue weighted by Crippen LogP contribution is 2.27. The van der Waals surface area contributed by atoms with Crippen LogP contribution in [-0.2, 0) is 13.6 Å². The van der Waals surface area contributed by atoms with Crippen LogP contribution in [0.5, 0.6) is 0 Å². The first-order chi connectivity index (χ1) is 7.70. The highest BCUT2D eigenvalue weighted by Gasteiger charge is 2.04. The summed E-state index contributed by atoms with van der Waals surface area (Å²) in [6.07, 6.45) is 3.76. The fraction of sp³-hybridized carbons (Fsp3) is 0.250. The number of nitrogens with two attached hydrogens (primary N) is 1. The Hall–Kier alpha value is -1.26. The molecular weight excluding hydrogens is 218 g/mol. The summed E-state index contributed by atoms with van der Waals surface area (Å²) in [6, 6.07) is 6.33. The molecule has 2 N–H and O–H groups in total. The van der Waals surface area contributed by atoms with Crippen LogP contribution in [0.15, 0.2) is 40.6 Å². The predicted octanol–water partition coefficient (Wildman–Crippen LogP) is 2.34. The van der Waals surface area contributed by atoms with Gasteiger partial charge in [0.25, 0.3) is 0 Å². The molecule has 3 nitrogen and oxygen atoms in total. The van der Waals surface area contributed by atoms with E-state index in [1.54, 1.807) is 11.8 Å². The Morgan fingerprint density at radius 1 is 1.44 bits per heavy atom. The number of rotatable bonds is 3. The van der Waals surface area contributed by atoms with E-state index in [4.69, 9.17) is 5.73 Å². The average Bonchev–Trinajstić information content (AvgIpc) is 2.65. The van der Waals surface area contributed by atoms with Crippen molar-refractivity contribution in [2.24, 2.45) is 12.8 Å². The molecule has 0 aliphatic heterocycles. The minimum Gasteiger partial charge on any atom is -0.329 e. The lowest BCUT2D eigenvalue weighted by Crippen LogP contribution is -1.98. The summed E-state index contributed by atoms with van der Waals surface area (Å²) in [5.41, 5.74) is 8.07. The number of aromatic nitrogens is 2. The van der Waals surface area contributed by atoms with E-state index in [9.17, 15) is 0 Å². The van der Waals surface area contributed by atoms with Crippen LogP contribution in [0.25, 0.3) is 0 Å². The van der Waals surface area contributed by atoms with E-state index in [1.807, 2.05) is 24.0 Å². The molecule has 4 heteroatoms. The number of benzene rings is 1. The molecule has 0 aliphatic carbocycles. The van der Waals surface area contributed by atoms with Crippen LogP contribution in [0.2, 0.25) is 0 Å². The number of nitrogens with zero attached hydrogens (tertiary/aromatic N) is 2. The summed E-state index contributed by atoms with van der Waals surface area (Å²) in [5.74, 6) is 0. The van der Waals surface area contributed by atoms with Crippen LogP contribution in [0, 0.1) is 6.92 Å². The third-order valence-electron chi connectivity index (χ3n) is 2.52. The van der Waals surface area contributed by atoms with Crippen molar-refractivity contribution >= 4 is 11.8 Å². The average molecular weight is 233 g/mol. The molecule has 0 bridgehead atoms. The zero-order chi connectivity index (χ0) is 11.5. The third-order valence-corrected chi connectivity index (χ3v) is 3.59. The fourth-order valence-electron chi connectivity index (χ4n) is 1.52. The number of aryl methyl sites for hydroxylation is 2. The van der Waals surface area contributed by atoms with Gasteiger partial charge in [0.15, 0.2) is 5.16 Å². The van der Waals surface area contributed by atoms with Crippen molar-refractivity contribution in [3.05, 3.63) is 41.7 Å². The molecule has 1 heterocycles. The van der Waals surface area contributed by atoms with Gasteiger partial charge in [-0.05, 0) is 30.2 Å². The molecule has 0 fully saturated rings. The molecule has 0 amide bonds. The molecule has 0 spiro atoms. The Bertz CT molecular complexity index is 491. The lowest BCUT2D eigenvalue weighted by molar-refractivity contribution is 0.790. The van der Waals surface area contributed by atoms with E-state index in [0.717, 1.165) is 5.16 Å². The lowest BCUT2D eigenvalue weighted by atomic mass is 10.1. The van der Waals surface area contributed by atoms with Gasteiger partial charge in [-0.3, -0.25) is 0 Å². The summed E-state index contributed by atoms with van der Waals surface area (Å²) in [7, 11) is 2.00. The number of hydrogen-bond acceptors (Lipinski definition) is 3. The maximum atomic E-state index is 5.64. The van der Waals surface area contributed by atoms with Crippen molar-refractivity contribution < 1.29 is 0 Å². The van der Waals surface area contributed by atoms with Crippen LogP contribution in [-0.4, -0.2) is 9.55 Å². The molecule has 0 saturated heterocycles. The normalized spacial score (nSPS) is 10.7. The Balaban J connectivity index is 2.23. The van der Waals surface area contributed by atoms with Gasteiger partial charge in [0.2, 0.25) is 0 Å². The van der Waals surface area contributed by atoms with Crippen molar-refractivity contribution in [2.75, 3.05) is 0 Å². The van der Waals surface area contributed by atoms with Crippen LogP contribution in [0.1, 0.15) is 11.1 Å². The second kappa shape index (κ2) is 4.72. The van der Waals surface area contributed by atoms with Gasteiger partial charge in [0.05, 0.1) is 0 Å². The Labute approximate surface area is 99.7 Å². The third kappa shape index (κ3) is 2.28. The van der Waals surface area contributed by atoms with Crippen molar-refractivity contribution in [1.82, 2.24) is 9.55 Å². The molecule has 0 unspecified atom stereocenters. The summed E-state index contributed by atoms with van der Waals surface area (Å²) in [5, 5.41) is 1.000. The minimum atomic E-state index is 0.596. The van der Waals surface area contributed by atoms with Crippen LogP contribution in [0.4, 0.5) is 0 Å². The molecule has 0 atom stereocenters. The van der Waals surface area contributed by atoms with Crippen LogP contribution >= 0.6 is 11.8 Å². The smallest absolute Gasteiger partial charge is 0.172 e. The minimum absolute atomic E-state index is 0.596. The van der Waals surface area contributed by atoms with Gasteiger partial charge in [0, 0.05) is 30.9 Å². The molecule has 2 aromatic rings. The molecule has 84 valence electrons. The van der Waals surface area contributed by atoms with Gasteiger partial charge in [-0.15, -0.1) is 0 Å². The topological polar surface area (TPSA) is 43.8 Å². The summed E-state index contributed by atoms with van der Waals surface area (Å²) in [4.78, 5) is 5.48. The zero-order valence-corrected chi connectivity index (χ0v) is 10.3. The van der Waals surface area contributed by atoms with Crippen molar-refractivity contribution in [1.29, 1.82) is 0 Å². The number of hydrogen-bond donors (Lipinski definition) is 1. The van der Waals surface area contributed by atoms with Crippen molar-refractivity contribution in [3.63, 3.8) is 0 Å². The zero-order valence-electron chi connectivity index (χ0n) is 9.47. The van der Waals surface area contributed by atoms with Gasteiger partial charge >= 0.3 is 0 Å². The fourth-order valence-corrected chi connectivity index (χ4v) is 2.42. The molecule has 2 rings (SSSR count). The van der Waals surface area contributed by atoms with Gasteiger partial charge in [-0.1, -0.05) is 17.8 Å². The van der Waals surface area contributed by atoms with Crippen LogP contribution in [0.3, 0.4) is 0 Å². The first-order valence-corrected chi connectivity index (χ1v) is 5.97. The summed E-state index contributed by atoms with van der Waals surface area (Å²) >= 11 is 1.67. The molecular formula is C12H15N3S. The van der Waals surface area contributed by atoms with E-state index >= 15 is 0 Å². The summed E-state index contributed by atoms with van der Waals surface area (Å²) < 4.78 is 2.01. The largest absolute Gasteiger partial charge is 0.329 e. The molecule has 1 aromatic heterocycles. The van der Waals surface area contributed by atoms with E-state index in [0.29, 0.717) is 6.54 Å². The number of imidazole rings is 1. The van der Waals surface area contributed by atoms with E-state index in [1.165, 1.54) is 16.0 Å². The lowest BCUT2D eigenvalue weighted by Gasteiger charge is -2.06. The molecule has 1 aromatic carbocycles. The van der Waals surface area contributed by atoms with Crippen molar-refractivity contribution in [3.8, 4) is 0 Å². The van der Waals surface area contributed by atoms with Gasteiger partial charge in [-0.25, -0.2) is 4.98 Å². The molecule has 0 radical (unpaired) electrons. The van der Waals surface area contributed by atoms with Gasteiger partial charge in [0.1, 0.15) is 0 Å². The van der Waals surface area contributed by atoms with Crippen LogP contribution < -0.4 is 5.73 Å². The van der Waals surface area contributed by atoms with Crippen molar-refractivity contribution in [2.45, 2.75) is 23.5 Å². The quantitative estimate of drug-likeness (QED) is 0.885. The SMILES string of the molecule is Cc1cc(Sc2nccn2C)ccc1CN. The highest BCUT2D eigenvalue weighted by molar-refractivity contribution is 7.99. The predicted molar refractivity (Wildman–Crippen MR) is 66.4 cm³/mol. The maximum Gasteiger partial charge on any atom is 0.172 e. The van der Waals surface area contributed by atoms with Gasteiger partial charge < -0.3 is 10.3 Å². The van der Waals surface area contributed by atoms with Gasteiger partial charge in [-0.2, -0.15) is 0 Å². The molecule has 0 aliphatic rings. The van der Waals surface area contributed by atoms with E-state index in [2.05, 4.69) is 30.1 Å². The van der Waals surface area contributed by atoms with E-state index in [-0.39, 0.29) is 0 Å². The van der Waals surface area contributed by atoms with E-state index < -0.39 is 0 Å². The highest BCUT2D eigenvalue weighted by atomic mass is 32.2. The first-order valence-electron chi connectivity index (χ1n) is 5.15. The second-order valence-corrected chi connectivity index (χ2v) is 4.76. The monoisotopic (exact) mass is 233 g/mol. The first kappa shape index (κ1) is 11.2. The Morgan fingerprint density at radius 2 is 2.25 bits per heavy atom. The molecule has 0 saturated carbocycles. The Morgan fingerprint density at radius 3 is 2.81 bits per heavy atom. The molecule has 16 heavy (non-hydrogen) atoms. The summed E-state index contributed by atoms with van der Waals surface area (Å²) in [6.45, 7) is 2.68. The second-order valence-electron chi connectivity index (χ2n) is 3.72. The maximum absolute atomic E-state index is 5.64.